The Labute approximate surface area is 152 Å². The molecule has 0 aliphatic rings. The van der Waals surface area contributed by atoms with Crippen LogP contribution in [0.3, 0.4) is 0 Å². The van der Waals surface area contributed by atoms with E-state index in [1.807, 2.05) is 0 Å². The topological polar surface area (TPSA) is 86.7 Å². The number of carbonyl (C=O) groups excluding carboxylic acids is 2. The number of carbonyl (C=O) groups is 2. The summed E-state index contributed by atoms with van der Waals surface area (Å²) in [4.78, 5) is 23.4. The predicted molar refractivity (Wildman–Crippen MR) is 51.5 cm³/mol. The van der Waals surface area contributed by atoms with Crippen LogP contribution in [0.1, 0.15) is 0 Å². The molecular formula is C10H14N2Na2O4. The van der Waals surface area contributed by atoms with E-state index < -0.39 is 11.9 Å². The van der Waals surface area contributed by atoms with Gasteiger partial charge in [0.25, 0.3) is 0 Å². The second kappa shape index (κ2) is 14.3. The molecule has 0 aromatic heterocycles. The summed E-state index contributed by atoms with van der Waals surface area (Å²) in [5.74, 6) is -2.46. The van der Waals surface area contributed by atoms with Crippen LogP contribution in [0, 0.1) is 13.8 Å². The van der Waals surface area contributed by atoms with E-state index in [4.69, 9.17) is 13.8 Å². The molecule has 0 heterocycles. The van der Waals surface area contributed by atoms with Crippen molar-refractivity contribution in [2.24, 2.45) is 0 Å². The molecule has 0 saturated carbocycles. The number of hydrogen-bond donors (Lipinski definition) is 0. The summed E-state index contributed by atoms with van der Waals surface area (Å²) in [5.41, 5.74) is 0. The maximum Gasteiger partial charge on any atom is 1.00 e. The van der Waals surface area contributed by atoms with E-state index in [0.29, 0.717) is 13.1 Å². The zero-order valence-electron chi connectivity index (χ0n) is 10.9. The molecule has 0 aliphatic carbocycles. The summed E-state index contributed by atoms with van der Waals surface area (Å²) in [7, 11) is 0. The van der Waals surface area contributed by atoms with Gasteiger partial charge in [0.05, 0.1) is 11.9 Å². The Morgan fingerprint density at radius 3 is 1.28 bits per heavy atom. The van der Waals surface area contributed by atoms with Crippen molar-refractivity contribution in [1.82, 2.24) is 9.80 Å². The van der Waals surface area contributed by atoms with Crippen LogP contribution in [-0.4, -0.2) is 61.0 Å². The minimum absolute atomic E-state index is 0. The molecule has 6 nitrogen and oxygen atoms in total. The molecule has 0 aliphatic heterocycles. The van der Waals surface area contributed by atoms with Crippen LogP contribution in [0.4, 0.5) is 0 Å². The summed E-state index contributed by atoms with van der Waals surface area (Å²) in [5, 5.41) is 20.6. The molecule has 0 aromatic carbocycles. The van der Waals surface area contributed by atoms with Gasteiger partial charge in [0.15, 0.2) is 0 Å². The fourth-order valence-electron chi connectivity index (χ4n) is 1.12. The van der Waals surface area contributed by atoms with E-state index in [2.05, 4.69) is 0 Å². The van der Waals surface area contributed by atoms with E-state index in [9.17, 15) is 19.8 Å². The fraction of sp³-hybridized carbons (Fsp3) is 0.600. The van der Waals surface area contributed by atoms with Gasteiger partial charge in [0.2, 0.25) is 0 Å². The van der Waals surface area contributed by atoms with Gasteiger partial charge < -0.3 is 19.8 Å². The van der Waals surface area contributed by atoms with Crippen LogP contribution in [0.15, 0.2) is 0 Å². The second-order valence-electron chi connectivity index (χ2n) is 3.21. The first kappa shape index (κ1) is 23.9. The van der Waals surface area contributed by atoms with E-state index in [1.54, 1.807) is 0 Å². The molecule has 18 heavy (non-hydrogen) atoms. The van der Waals surface area contributed by atoms with Gasteiger partial charge in [-0.1, -0.05) is 0 Å². The molecule has 0 rings (SSSR count). The Morgan fingerprint density at radius 2 is 1.11 bits per heavy atom. The third kappa shape index (κ3) is 13.3. The zero-order chi connectivity index (χ0) is 12.6. The minimum atomic E-state index is -1.23. The molecule has 0 amide bonds. The molecule has 0 atom stereocenters. The Hall–Kier alpha value is 0.860. The SMILES string of the molecule is [CH]CN(CCN(C[CH])CC(=O)[O-])CC(=O)[O-].[Na+].[Na+]. The molecule has 4 radical (unpaired) electrons. The molecule has 90 valence electrons. The van der Waals surface area contributed by atoms with Crippen molar-refractivity contribution < 1.29 is 78.9 Å². The van der Waals surface area contributed by atoms with E-state index in [-0.39, 0.29) is 85.3 Å². The average Bonchev–Trinajstić information content (AvgIpc) is 2.20. The van der Waals surface area contributed by atoms with E-state index >= 15 is 0 Å². The Bertz CT molecular complexity index is 218. The van der Waals surface area contributed by atoms with Gasteiger partial charge in [-0.2, -0.15) is 0 Å². The van der Waals surface area contributed by atoms with Gasteiger partial charge in [-0.25, -0.2) is 0 Å². The maximum atomic E-state index is 10.3. The first-order chi connectivity index (χ1) is 7.49. The molecule has 0 aromatic rings. The number of carboxylic acid groups (broad SMARTS) is 2. The summed E-state index contributed by atoms with van der Waals surface area (Å²) in [6, 6.07) is 0. The fourth-order valence-corrected chi connectivity index (χ4v) is 1.12. The molecule has 8 heteroatoms. The standard InChI is InChI=1S/C10H16N2O4.2Na/c1-3-11(7-9(13)14)5-6-12(4-2)8-10(15)16;;/h1-2H,3-8H2,(H,13,14)(H,15,16);;/q;2*+1/p-2. The van der Waals surface area contributed by atoms with Crippen molar-refractivity contribution in [3.8, 4) is 0 Å². The van der Waals surface area contributed by atoms with Gasteiger partial charge in [0.1, 0.15) is 0 Å². The summed E-state index contributed by atoms with van der Waals surface area (Å²) >= 11 is 0. The van der Waals surface area contributed by atoms with Crippen LogP contribution < -0.4 is 69.3 Å². The quantitative estimate of drug-likeness (QED) is 0.387. The third-order valence-electron chi connectivity index (χ3n) is 1.95. The van der Waals surface area contributed by atoms with Gasteiger partial charge >= 0.3 is 59.1 Å². The van der Waals surface area contributed by atoms with E-state index in [0.717, 1.165) is 0 Å². The van der Waals surface area contributed by atoms with Crippen LogP contribution in [0.2, 0.25) is 0 Å². The van der Waals surface area contributed by atoms with Crippen molar-refractivity contribution in [3.63, 3.8) is 0 Å². The smallest absolute Gasteiger partial charge is 0.549 e. The van der Waals surface area contributed by atoms with E-state index in [1.165, 1.54) is 9.80 Å². The molecule has 0 fully saturated rings. The molecule has 0 spiro atoms. The van der Waals surface area contributed by atoms with Crippen molar-refractivity contribution in [2.45, 2.75) is 0 Å². The van der Waals surface area contributed by atoms with Gasteiger partial charge in [-0.05, 0) is 13.8 Å². The Balaban J connectivity index is -0.00000112. The number of aliphatic carboxylic acids is 2. The molecular weight excluding hydrogens is 258 g/mol. The Morgan fingerprint density at radius 1 is 0.833 bits per heavy atom. The number of rotatable bonds is 9. The van der Waals surface area contributed by atoms with Crippen LogP contribution >= 0.6 is 0 Å². The van der Waals surface area contributed by atoms with Gasteiger partial charge in [-0.3, -0.25) is 9.80 Å². The van der Waals surface area contributed by atoms with Gasteiger partial charge in [-0.15, -0.1) is 0 Å². The third-order valence-corrected chi connectivity index (χ3v) is 1.95. The van der Waals surface area contributed by atoms with Crippen molar-refractivity contribution >= 4 is 11.9 Å². The van der Waals surface area contributed by atoms with Crippen molar-refractivity contribution in [3.05, 3.63) is 13.8 Å². The monoisotopic (exact) mass is 272 g/mol. The summed E-state index contributed by atoms with van der Waals surface area (Å²) in [6.45, 7) is 10.7. The summed E-state index contributed by atoms with van der Waals surface area (Å²) < 4.78 is 0. The van der Waals surface area contributed by atoms with Crippen molar-refractivity contribution in [1.29, 1.82) is 0 Å². The van der Waals surface area contributed by atoms with Crippen LogP contribution in [0.5, 0.6) is 0 Å². The average molecular weight is 272 g/mol. The number of carboxylic acids is 2. The largest absolute Gasteiger partial charge is 1.00 e. The molecule has 0 bridgehead atoms. The molecule has 0 saturated heterocycles. The summed E-state index contributed by atoms with van der Waals surface area (Å²) in [6.07, 6.45) is 0. The van der Waals surface area contributed by atoms with Crippen LogP contribution in [-0.2, 0) is 9.59 Å². The second-order valence-corrected chi connectivity index (χ2v) is 3.21. The van der Waals surface area contributed by atoms with Gasteiger partial charge in [0, 0.05) is 39.3 Å². The van der Waals surface area contributed by atoms with Crippen LogP contribution in [0.25, 0.3) is 0 Å². The normalized spacial score (nSPS) is 9.78. The first-order valence-corrected chi connectivity index (χ1v) is 4.74. The minimum Gasteiger partial charge on any atom is -0.549 e. The zero-order valence-corrected chi connectivity index (χ0v) is 14.9. The maximum absolute atomic E-state index is 10.3. The predicted octanol–water partition coefficient (Wildman–Crippen LogP) is -9.48. The molecule has 0 unspecified atom stereocenters. The number of nitrogens with zero attached hydrogens (tertiary/aromatic N) is 2. The Kier molecular flexibility index (Phi) is 19.0. The number of hydrogen-bond acceptors (Lipinski definition) is 6. The van der Waals surface area contributed by atoms with Crippen molar-refractivity contribution in [2.75, 3.05) is 39.3 Å². The first-order valence-electron chi connectivity index (χ1n) is 4.74. The molecule has 0 N–H and O–H groups in total.